The van der Waals surface area contributed by atoms with Crippen molar-refractivity contribution in [3.63, 3.8) is 0 Å². The molecule has 0 atom stereocenters. The largest absolute Gasteiger partial charge is 0.478 e. The van der Waals surface area contributed by atoms with Crippen molar-refractivity contribution in [2.45, 2.75) is 24.9 Å². The van der Waals surface area contributed by atoms with Crippen LogP contribution in [0.15, 0.2) is 66.9 Å². The van der Waals surface area contributed by atoms with Crippen molar-refractivity contribution < 1.29 is 15.0 Å². The Morgan fingerprint density at radius 2 is 1.73 bits per heavy atom. The van der Waals surface area contributed by atoms with E-state index in [1.54, 1.807) is 28.8 Å². The number of carbonyl (C=O) groups is 1. The molecule has 5 rings (SSSR count). The number of fused-ring (bicyclic) bond motifs is 1. The zero-order chi connectivity index (χ0) is 23.0. The predicted molar refractivity (Wildman–Crippen MR) is 126 cm³/mol. The molecule has 2 aromatic carbocycles. The summed E-state index contributed by atoms with van der Waals surface area (Å²) in [5, 5.41) is 25.5. The summed E-state index contributed by atoms with van der Waals surface area (Å²) in [5.74, 6) is -0.276. The molecule has 2 N–H and O–H groups in total. The quantitative estimate of drug-likeness (QED) is 0.463. The third kappa shape index (κ3) is 4.29. The minimum absolute atomic E-state index is 0.257. The van der Waals surface area contributed by atoms with Crippen molar-refractivity contribution in [2.75, 3.05) is 18.0 Å². The fourth-order valence-corrected chi connectivity index (χ4v) is 4.50. The van der Waals surface area contributed by atoms with Gasteiger partial charge in [0.15, 0.2) is 11.5 Å². The van der Waals surface area contributed by atoms with Crippen LogP contribution in [0.4, 0.5) is 5.69 Å². The summed E-state index contributed by atoms with van der Waals surface area (Å²) in [6, 6.07) is 18.2. The molecular formula is C25H23ClN4O3. The van der Waals surface area contributed by atoms with E-state index in [1.165, 1.54) is 0 Å². The molecule has 1 aliphatic heterocycles. The van der Waals surface area contributed by atoms with Gasteiger partial charge in [-0.05, 0) is 60.4 Å². The van der Waals surface area contributed by atoms with Gasteiger partial charge in [-0.2, -0.15) is 5.10 Å². The number of carboxylic acid groups (broad SMARTS) is 1. The van der Waals surface area contributed by atoms with E-state index in [0.717, 1.165) is 22.5 Å². The van der Waals surface area contributed by atoms with Gasteiger partial charge in [-0.3, -0.25) is 0 Å². The molecule has 2 aromatic heterocycles. The minimum atomic E-state index is -0.943. The molecule has 3 heterocycles. The number of hydrogen-bond donors (Lipinski definition) is 2. The standard InChI is InChI=1S/C25H23ClN4O3/c26-20-9-7-19(8-10-20)25(33)11-14-29(15-12-25)21-2-1-13-30-23(21)27-22(28-30)16-17-3-5-18(6-4-17)24(31)32/h1-10,13,33H,11-12,14-16H2,(H,31,32). The number of pyridine rings is 1. The SMILES string of the molecule is O=C(O)c1ccc(Cc2nc3c(N4CCC(O)(c5ccc(Cl)cc5)CC4)cccn3n2)cc1. The van der Waals surface area contributed by atoms with E-state index in [-0.39, 0.29) is 5.56 Å². The lowest BCUT2D eigenvalue weighted by Gasteiger charge is -2.39. The van der Waals surface area contributed by atoms with Crippen molar-refractivity contribution in [1.82, 2.24) is 14.6 Å². The van der Waals surface area contributed by atoms with E-state index in [9.17, 15) is 9.90 Å². The molecular weight excluding hydrogens is 440 g/mol. The van der Waals surface area contributed by atoms with Gasteiger partial charge in [0.1, 0.15) is 0 Å². The normalized spacial score (nSPS) is 15.6. The van der Waals surface area contributed by atoms with Gasteiger partial charge in [0.25, 0.3) is 0 Å². The van der Waals surface area contributed by atoms with Gasteiger partial charge >= 0.3 is 5.97 Å². The van der Waals surface area contributed by atoms with Gasteiger partial charge in [-0.15, -0.1) is 0 Å². The monoisotopic (exact) mass is 462 g/mol. The van der Waals surface area contributed by atoms with Crippen LogP contribution >= 0.6 is 11.6 Å². The molecule has 0 bridgehead atoms. The zero-order valence-corrected chi connectivity index (χ0v) is 18.6. The second-order valence-corrected chi connectivity index (χ2v) is 8.83. The molecule has 1 aliphatic rings. The van der Waals surface area contributed by atoms with Gasteiger partial charge in [0.2, 0.25) is 0 Å². The highest BCUT2D eigenvalue weighted by Gasteiger charge is 2.34. The average molecular weight is 463 g/mol. The summed E-state index contributed by atoms with van der Waals surface area (Å²) in [6.45, 7) is 1.38. The molecule has 4 aromatic rings. The van der Waals surface area contributed by atoms with Gasteiger partial charge in [0.05, 0.1) is 16.9 Å². The number of benzene rings is 2. The predicted octanol–water partition coefficient (Wildman–Crippen LogP) is 4.16. The number of nitrogens with zero attached hydrogens (tertiary/aromatic N) is 4. The Kier molecular flexibility index (Phi) is 5.52. The van der Waals surface area contributed by atoms with Crippen LogP contribution in [0.1, 0.15) is 40.2 Å². The van der Waals surface area contributed by atoms with Crippen molar-refractivity contribution in [3.05, 3.63) is 94.4 Å². The highest BCUT2D eigenvalue weighted by Crippen LogP contribution is 2.35. The summed E-state index contributed by atoms with van der Waals surface area (Å²) in [5.41, 5.74) is 2.98. The number of aromatic nitrogens is 3. The first kappa shape index (κ1) is 21.4. The van der Waals surface area contributed by atoms with Gasteiger partial charge in [-0.25, -0.2) is 14.3 Å². The van der Waals surface area contributed by atoms with Gasteiger partial charge in [0, 0.05) is 30.7 Å². The molecule has 0 aliphatic carbocycles. The van der Waals surface area contributed by atoms with Crippen molar-refractivity contribution >= 4 is 28.9 Å². The second-order valence-electron chi connectivity index (χ2n) is 8.39. The van der Waals surface area contributed by atoms with Crippen LogP contribution in [0.2, 0.25) is 5.02 Å². The summed E-state index contributed by atoms with van der Waals surface area (Å²) in [6.07, 6.45) is 3.59. The minimum Gasteiger partial charge on any atom is -0.478 e. The number of aromatic carboxylic acids is 1. The maximum atomic E-state index is 11.2. The molecule has 0 amide bonds. The number of halogens is 1. The lowest BCUT2D eigenvalue weighted by atomic mass is 9.84. The van der Waals surface area contributed by atoms with Crippen LogP contribution < -0.4 is 4.90 Å². The van der Waals surface area contributed by atoms with Crippen molar-refractivity contribution in [3.8, 4) is 0 Å². The van der Waals surface area contributed by atoms with Gasteiger partial charge in [-0.1, -0.05) is 35.9 Å². The number of rotatable bonds is 5. The molecule has 0 spiro atoms. The fourth-order valence-electron chi connectivity index (χ4n) is 4.37. The Labute approximate surface area is 195 Å². The van der Waals surface area contributed by atoms with Crippen molar-refractivity contribution in [2.24, 2.45) is 0 Å². The Morgan fingerprint density at radius 1 is 1.03 bits per heavy atom. The van der Waals surface area contributed by atoms with Crippen LogP contribution in [-0.4, -0.2) is 43.9 Å². The van der Waals surface area contributed by atoms with E-state index >= 15 is 0 Å². The Bertz CT molecular complexity index is 1290. The third-order valence-corrected chi connectivity index (χ3v) is 6.51. The molecule has 8 heteroatoms. The number of piperidine rings is 1. The summed E-state index contributed by atoms with van der Waals surface area (Å²) < 4.78 is 1.77. The fraction of sp³-hybridized carbons (Fsp3) is 0.240. The lowest BCUT2D eigenvalue weighted by Crippen LogP contribution is -2.42. The molecule has 33 heavy (non-hydrogen) atoms. The molecule has 1 fully saturated rings. The summed E-state index contributed by atoms with van der Waals surface area (Å²) >= 11 is 6.00. The van der Waals surface area contributed by atoms with Crippen LogP contribution in [0.25, 0.3) is 5.65 Å². The Balaban J connectivity index is 1.34. The van der Waals surface area contributed by atoms with Crippen LogP contribution in [0, 0.1) is 0 Å². The molecule has 1 saturated heterocycles. The molecule has 168 valence electrons. The maximum Gasteiger partial charge on any atom is 0.335 e. The van der Waals surface area contributed by atoms with E-state index in [4.69, 9.17) is 21.7 Å². The van der Waals surface area contributed by atoms with E-state index in [2.05, 4.69) is 10.00 Å². The zero-order valence-electron chi connectivity index (χ0n) is 17.9. The third-order valence-electron chi connectivity index (χ3n) is 6.26. The summed E-state index contributed by atoms with van der Waals surface area (Å²) in [7, 11) is 0. The van der Waals surface area contributed by atoms with E-state index < -0.39 is 11.6 Å². The Morgan fingerprint density at radius 3 is 2.39 bits per heavy atom. The van der Waals surface area contributed by atoms with E-state index in [0.29, 0.717) is 43.2 Å². The molecule has 7 nitrogen and oxygen atoms in total. The van der Waals surface area contributed by atoms with Gasteiger partial charge < -0.3 is 15.1 Å². The van der Waals surface area contributed by atoms with Crippen LogP contribution in [-0.2, 0) is 12.0 Å². The number of anilines is 1. The van der Waals surface area contributed by atoms with E-state index in [1.807, 2.05) is 42.6 Å². The average Bonchev–Trinajstić information content (AvgIpc) is 3.23. The smallest absolute Gasteiger partial charge is 0.335 e. The first-order valence-electron chi connectivity index (χ1n) is 10.8. The second kappa shape index (κ2) is 8.50. The number of carboxylic acids is 1. The first-order valence-corrected chi connectivity index (χ1v) is 11.2. The first-order chi connectivity index (χ1) is 15.9. The topological polar surface area (TPSA) is 91.0 Å². The molecule has 0 saturated carbocycles. The van der Waals surface area contributed by atoms with Crippen molar-refractivity contribution in [1.29, 1.82) is 0 Å². The highest BCUT2D eigenvalue weighted by atomic mass is 35.5. The molecule has 0 radical (unpaired) electrons. The lowest BCUT2D eigenvalue weighted by molar-refractivity contribution is 0.0118. The van der Waals surface area contributed by atoms with Crippen LogP contribution in [0.3, 0.4) is 0 Å². The number of aliphatic hydroxyl groups is 1. The molecule has 0 unspecified atom stereocenters. The summed E-state index contributed by atoms with van der Waals surface area (Å²) in [4.78, 5) is 18.1. The maximum absolute atomic E-state index is 11.2. The number of hydrogen-bond acceptors (Lipinski definition) is 5. The van der Waals surface area contributed by atoms with Crippen LogP contribution in [0.5, 0.6) is 0 Å². The Hall–Kier alpha value is -3.42. The highest BCUT2D eigenvalue weighted by molar-refractivity contribution is 6.30.